The van der Waals surface area contributed by atoms with Crippen LogP contribution in [0.3, 0.4) is 0 Å². The quantitative estimate of drug-likeness (QED) is 0.484. The van der Waals surface area contributed by atoms with E-state index in [1.165, 1.54) is 6.20 Å². The topological polar surface area (TPSA) is 133 Å². The van der Waals surface area contributed by atoms with Crippen LogP contribution in [0.4, 0.5) is 5.95 Å². The van der Waals surface area contributed by atoms with E-state index in [0.717, 1.165) is 17.5 Å². The summed E-state index contributed by atoms with van der Waals surface area (Å²) in [6, 6.07) is 0.141. The summed E-state index contributed by atoms with van der Waals surface area (Å²) in [5.74, 6) is 0.325. The Balaban J connectivity index is 1.75. The molecule has 1 atom stereocenters. The molecule has 10 nitrogen and oxygen atoms in total. The predicted octanol–water partition coefficient (Wildman–Crippen LogP) is 0.851. The van der Waals surface area contributed by atoms with Crippen molar-refractivity contribution in [3.8, 4) is 0 Å². The largest absolute Gasteiger partial charge is 0.478 e. The molecule has 4 heterocycles. The summed E-state index contributed by atoms with van der Waals surface area (Å²) in [5.41, 5.74) is 5.70. The molecule has 0 amide bonds. The minimum atomic E-state index is -1.87. The highest BCUT2D eigenvalue weighted by Crippen LogP contribution is 2.27. The van der Waals surface area contributed by atoms with Gasteiger partial charge in [-0.1, -0.05) is 11.6 Å². The summed E-state index contributed by atoms with van der Waals surface area (Å²) in [4.78, 5) is 13.4. The van der Waals surface area contributed by atoms with Gasteiger partial charge in [0.05, 0.1) is 23.7 Å². The zero-order valence-electron chi connectivity index (χ0n) is 15.9. The van der Waals surface area contributed by atoms with Gasteiger partial charge >= 0.3 is 0 Å². The molecule has 2 aromatic rings. The van der Waals surface area contributed by atoms with Crippen molar-refractivity contribution < 1.29 is 14.6 Å². The van der Waals surface area contributed by atoms with E-state index in [1.54, 1.807) is 0 Å². The van der Waals surface area contributed by atoms with Crippen LogP contribution in [0.15, 0.2) is 22.8 Å². The van der Waals surface area contributed by atoms with E-state index in [-0.39, 0.29) is 41.7 Å². The number of halogens is 1. The van der Waals surface area contributed by atoms with Crippen molar-refractivity contribution in [1.29, 1.82) is 0 Å². The smallest absolute Gasteiger partial charge is 0.229 e. The third-order valence-corrected chi connectivity index (χ3v) is 5.16. The van der Waals surface area contributed by atoms with Crippen molar-refractivity contribution >= 4 is 42.1 Å². The second-order valence-corrected chi connectivity index (χ2v) is 7.39. The summed E-state index contributed by atoms with van der Waals surface area (Å²) >= 11 is 6.15. The van der Waals surface area contributed by atoms with Crippen LogP contribution in [0, 0.1) is 0 Å². The highest BCUT2D eigenvalue weighted by atomic mass is 35.5. The van der Waals surface area contributed by atoms with Gasteiger partial charge in [-0.05, 0) is 19.8 Å². The molecule has 152 valence electrons. The summed E-state index contributed by atoms with van der Waals surface area (Å²) in [6.07, 6.45) is 3.19. The van der Waals surface area contributed by atoms with Crippen LogP contribution in [0.1, 0.15) is 26.2 Å². The van der Waals surface area contributed by atoms with Gasteiger partial charge in [-0.15, -0.1) is 0 Å². The van der Waals surface area contributed by atoms with Gasteiger partial charge in [-0.25, -0.2) is 9.67 Å². The van der Waals surface area contributed by atoms with Crippen LogP contribution in [-0.4, -0.2) is 64.3 Å². The predicted molar refractivity (Wildman–Crippen MR) is 109 cm³/mol. The highest BCUT2D eigenvalue weighted by molar-refractivity contribution is 6.34. The lowest BCUT2D eigenvalue weighted by Crippen LogP contribution is -2.36. The molecular weight excluding hydrogens is 396 g/mol. The molecule has 1 fully saturated rings. The normalized spacial score (nSPS) is 26.8. The van der Waals surface area contributed by atoms with Crippen LogP contribution in [0.5, 0.6) is 0 Å². The number of ether oxygens (including phenoxy) is 2. The number of nitrogens with one attached hydrogen (secondary N) is 1. The number of aliphatic imine (C=N–C) groups is 1. The fraction of sp³-hybridized carbons (Fsp3) is 0.529. The van der Waals surface area contributed by atoms with E-state index < -0.39 is 5.62 Å². The Morgan fingerprint density at radius 2 is 2.21 bits per heavy atom. The molecule has 4 rings (SSSR count). The van der Waals surface area contributed by atoms with Crippen molar-refractivity contribution in [1.82, 2.24) is 19.7 Å². The average molecular weight is 418 g/mol. The molecule has 2 aliphatic heterocycles. The second-order valence-electron chi connectivity index (χ2n) is 7.03. The summed E-state index contributed by atoms with van der Waals surface area (Å²) in [5, 5.41) is 18.5. The minimum Gasteiger partial charge on any atom is -0.478 e. The van der Waals surface area contributed by atoms with Gasteiger partial charge in [0.2, 0.25) is 11.8 Å². The molecule has 0 spiro atoms. The molecule has 2 aliphatic rings. The number of aliphatic hydroxyl groups is 1. The lowest BCUT2D eigenvalue weighted by molar-refractivity contribution is 0.0124. The van der Waals surface area contributed by atoms with Crippen LogP contribution in [0.2, 0.25) is 5.15 Å². The Bertz CT molecular complexity index is 985. The lowest BCUT2D eigenvalue weighted by atomic mass is 9.88. The third-order valence-electron chi connectivity index (χ3n) is 4.89. The molecule has 0 saturated carbocycles. The number of fused-ring (bicyclic) bond motifs is 1. The van der Waals surface area contributed by atoms with Crippen molar-refractivity contribution in [3.05, 3.63) is 22.9 Å². The van der Waals surface area contributed by atoms with Gasteiger partial charge in [0.25, 0.3) is 0 Å². The van der Waals surface area contributed by atoms with Gasteiger partial charge < -0.3 is 25.6 Å². The zero-order valence-corrected chi connectivity index (χ0v) is 16.7. The molecule has 1 unspecified atom stereocenters. The first-order chi connectivity index (χ1) is 13.8. The molecule has 0 aliphatic carbocycles. The Labute approximate surface area is 173 Å². The van der Waals surface area contributed by atoms with E-state index in [2.05, 4.69) is 20.4 Å². The third kappa shape index (κ3) is 4.03. The number of nitrogens with zero attached hydrogens (tertiary/aromatic N) is 5. The Kier molecular flexibility index (Phi) is 5.37. The van der Waals surface area contributed by atoms with Gasteiger partial charge in [-0.2, -0.15) is 10.1 Å². The zero-order chi connectivity index (χ0) is 20.6. The SMILES string of the molecule is [B]C1(O)CCO/C(N)=C(/C(C)=NC2CCOCC2)Nc2ncc3c(Cl)nn1c3n2. The fourth-order valence-electron chi connectivity index (χ4n) is 3.28. The molecular formula is C17H21BClN7O3. The van der Waals surface area contributed by atoms with Crippen molar-refractivity contribution in [2.75, 3.05) is 25.1 Å². The molecule has 2 bridgehead atoms. The monoisotopic (exact) mass is 417 g/mol. The van der Waals surface area contributed by atoms with Crippen LogP contribution < -0.4 is 11.1 Å². The van der Waals surface area contributed by atoms with E-state index >= 15 is 0 Å². The molecule has 0 aromatic carbocycles. The fourth-order valence-corrected chi connectivity index (χ4v) is 3.49. The Hall–Kier alpha value is -2.37. The van der Waals surface area contributed by atoms with Crippen molar-refractivity contribution in [2.45, 2.75) is 37.9 Å². The maximum atomic E-state index is 10.7. The van der Waals surface area contributed by atoms with Gasteiger partial charge in [0, 0.05) is 25.8 Å². The van der Waals surface area contributed by atoms with E-state index in [4.69, 9.17) is 39.6 Å². The molecule has 12 heteroatoms. The molecule has 1 saturated heterocycles. The number of aromatic nitrogens is 4. The number of hydrogen-bond donors (Lipinski definition) is 3. The van der Waals surface area contributed by atoms with Crippen LogP contribution in [-0.2, 0) is 15.1 Å². The maximum absolute atomic E-state index is 10.7. The van der Waals surface area contributed by atoms with E-state index in [1.807, 2.05) is 6.92 Å². The maximum Gasteiger partial charge on any atom is 0.229 e. The lowest BCUT2D eigenvalue weighted by Gasteiger charge is -2.24. The molecule has 4 N–H and O–H groups in total. The van der Waals surface area contributed by atoms with Gasteiger partial charge in [0.15, 0.2) is 10.8 Å². The number of hydrogen-bond acceptors (Lipinski definition) is 9. The summed E-state index contributed by atoms with van der Waals surface area (Å²) in [6.45, 7) is 3.24. The number of allylic oxidation sites excluding steroid dienone is 1. The first kappa shape index (κ1) is 19.9. The van der Waals surface area contributed by atoms with Crippen molar-refractivity contribution in [2.24, 2.45) is 10.7 Å². The first-order valence-corrected chi connectivity index (χ1v) is 9.68. The number of rotatable bonds is 2. The van der Waals surface area contributed by atoms with E-state index in [9.17, 15) is 5.11 Å². The highest BCUT2D eigenvalue weighted by Gasteiger charge is 2.29. The van der Waals surface area contributed by atoms with Crippen molar-refractivity contribution in [3.63, 3.8) is 0 Å². The molecule has 2 aromatic heterocycles. The van der Waals surface area contributed by atoms with Crippen LogP contribution >= 0.6 is 11.6 Å². The van der Waals surface area contributed by atoms with Gasteiger partial charge in [0.1, 0.15) is 19.2 Å². The second kappa shape index (κ2) is 7.81. The number of anilines is 1. The van der Waals surface area contributed by atoms with Gasteiger partial charge in [-0.3, -0.25) is 4.99 Å². The number of nitrogens with two attached hydrogens (primary N) is 1. The average Bonchev–Trinajstić information content (AvgIpc) is 3.02. The molecule has 2 radical (unpaired) electrons. The molecule has 29 heavy (non-hydrogen) atoms. The summed E-state index contributed by atoms with van der Waals surface area (Å²) in [7, 11) is 6.04. The standard InChI is InChI=1S/C17H21BClN7O3/c1-9(22-10-2-5-28-6-3-10)12-14(20)29-7-4-17(18,27)26-15-11(13(19)25-26)8-21-16(23-12)24-15/h8,10,27H,2-7,20H2,1H3,(H,21,23,24)/b14-12-,22-9?. The minimum absolute atomic E-state index is 0.00355. The summed E-state index contributed by atoms with van der Waals surface area (Å²) < 4.78 is 12.2. The Morgan fingerprint density at radius 1 is 1.45 bits per heavy atom. The Morgan fingerprint density at radius 3 is 2.97 bits per heavy atom. The van der Waals surface area contributed by atoms with Crippen LogP contribution in [0.25, 0.3) is 11.0 Å². The first-order valence-electron chi connectivity index (χ1n) is 9.30. The van der Waals surface area contributed by atoms with E-state index in [0.29, 0.717) is 30.0 Å².